The van der Waals surface area contributed by atoms with Crippen LogP contribution in [-0.2, 0) is 4.79 Å². The van der Waals surface area contributed by atoms with Crippen LogP contribution < -0.4 is 5.43 Å². The maximum absolute atomic E-state index is 11.8. The molecule has 5 heteroatoms. The number of likely N-dealkylation sites (tertiary alicyclic amines) is 1. The zero-order chi connectivity index (χ0) is 14.5. The number of hydrogen-bond acceptors (Lipinski definition) is 3. The molecule has 0 amide bonds. The molecule has 1 aromatic carbocycles. The lowest BCUT2D eigenvalue weighted by atomic mass is 10.1. The Hall–Kier alpha value is -1.55. The number of nitrogens with one attached hydrogen (secondary N) is 1. The van der Waals surface area contributed by atoms with Crippen molar-refractivity contribution in [2.45, 2.75) is 33.1 Å². The second-order valence-electron chi connectivity index (χ2n) is 5.06. The number of piperidine rings is 1. The number of ketones is 1. The molecule has 0 aliphatic carbocycles. The predicted molar refractivity (Wildman–Crippen MR) is 83.4 cm³/mol. The molecule has 1 aliphatic heterocycles. The largest absolute Gasteiger partial charge is 0.352 e. The van der Waals surface area contributed by atoms with Gasteiger partial charge in [0.15, 0.2) is 11.6 Å². The van der Waals surface area contributed by atoms with E-state index in [1.165, 1.54) is 6.42 Å². The normalized spacial score (nSPS) is 16.1. The van der Waals surface area contributed by atoms with E-state index in [1.807, 2.05) is 25.1 Å². The average Bonchev–Trinajstić information content (AvgIpc) is 2.44. The fourth-order valence-electron chi connectivity index (χ4n) is 2.32. The minimum absolute atomic E-state index is 0.0147. The number of anilines is 1. The summed E-state index contributed by atoms with van der Waals surface area (Å²) in [6.45, 7) is 5.28. The van der Waals surface area contributed by atoms with E-state index in [0.29, 0.717) is 10.9 Å². The minimum atomic E-state index is -0.0147. The van der Waals surface area contributed by atoms with E-state index in [1.54, 1.807) is 6.92 Å². The summed E-state index contributed by atoms with van der Waals surface area (Å²) in [7, 11) is 0. The topological polar surface area (TPSA) is 44.7 Å². The van der Waals surface area contributed by atoms with Crippen LogP contribution in [-0.4, -0.2) is 29.6 Å². The van der Waals surface area contributed by atoms with Crippen molar-refractivity contribution < 1.29 is 4.79 Å². The molecule has 2 rings (SSSR count). The van der Waals surface area contributed by atoms with Crippen molar-refractivity contribution >= 4 is 28.9 Å². The van der Waals surface area contributed by atoms with Gasteiger partial charge in [0, 0.05) is 25.0 Å². The van der Waals surface area contributed by atoms with Crippen molar-refractivity contribution in [2.24, 2.45) is 5.10 Å². The quantitative estimate of drug-likeness (QED) is 0.527. The molecule has 1 fully saturated rings. The zero-order valence-electron chi connectivity index (χ0n) is 11.9. The van der Waals surface area contributed by atoms with Gasteiger partial charge < -0.3 is 4.90 Å². The smallest absolute Gasteiger partial charge is 0.196 e. The van der Waals surface area contributed by atoms with Crippen molar-refractivity contribution in [1.82, 2.24) is 4.90 Å². The molecule has 1 N–H and O–H groups in total. The first kappa shape index (κ1) is 14.9. The van der Waals surface area contributed by atoms with Gasteiger partial charge >= 0.3 is 0 Å². The van der Waals surface area contributed by atoms with Crippen molar-refractivity contribution in [3.63, 3.8) is 0 Å². The summed E-state index contributed by atoms with van der Waals surface area (Å²) in [5, 5.41) is 4.99. The summed E-state index contributed by atoms with van der Waals surface area (Å²) in [6, 6.07) is 5.60. The van der Waals surface area contributed by atoms with E-state index >= 15 is 0 Å². The first-order chi connectivity index (χ1) is 9.59. The molecule has 0 aromatic heterocycles. The van der Waals surface area contributed by atoms with E-state index in [-0.39, 0.29) is 5.78 Å². The Morgan fingerprint density at radius 3 is 2.65 bits per heavy atom. The van der Waals surface area contributed by atoms with Gasteiger partial charge in [-0.25, -0.2) is 0 Å². The van der Waals surface area contributed by atoms with Gasteiger partial charge in [0.25, 0.3) is 0 Å². The van der Waals surface area contributed by atoms with Gasteiger partial charge in [-0.2, -0.15) is 5.10 Å². The van der Waals surface area contributed by atoms with E-state index < -0.39 is 0 Å². The monoisotopic (exact) mass is 293 g/mol. The average molecular weight is 294 g/mol. The van der Waals surface area contributed by atoms with Gasteiger partial charge in [0.2, 0.25) is 0 Å². The molecule has 0 bridgehead atoms. The summed E-state index contributed by atoms with van der Waals surface area (Å²) in [5.41, 5.74) is 4.73. The molecular weight excluding hydrogens is 274 g/mol. The highest BCUT2D eigenvalue weighted by atomic mass is 35.5. The number of halogens is 1. The van der Waals surface area contributed by atoms with Crippen LogP contribution in [0.4, 0.5) is 5.69 Å². The van der Waals surface area contributed by atoms with E-state index in [2.05, 4.69) is 15.4 Å². The Morgan fingerprint density at radius 2 is 2.00 bits per heavy atom. The van der Waals surface area contributed by atoms with Gasteiger partial charge in [0.1, 0.15) is 0 Å². The summed E-state index contributed by atoms with van der Waals surface area (Å²) in [5.74, 6) is 0.489. The summed E-state index contributed by atoms with van der Waals surface area (Å²) < 4.78 is 0. The summed E-state index contributed by atoms with van der Waals surface area (Å²) in [4.78, 5) is 13.8. The van der Waals surface area contributed by atoms with E-state index in [0.717, 1.165) is 37.2 Å². The zero-order valence-corrected chi connectivity index (χ0v) is 12.7. The molecule has 0 spiro atoms. The van der Waals surface area contributed by atoms with Gasteiger partial charge in [0.05, 0.1) is 5.69 Å². The molecule has 0 unspecified atom stereocenters. The van der Waals surface area contributed by atoms with Crippen LogP contribution in [0.25, 0.3) is 0 Å². The third-order valence-corrected chi connectivity index (χ3v) is 3.93. The van der Waals surface area contributed by atoms with Crippen LogP contribution in [0, 0.1) is 6.92 Å². The third-order valence-electron chi connectivity index (χ3n) is 3.52. The third kappa shape index (κ3) is 3.51. The molecule has 1 aliphatic rings. The minimum Gasteiger partial charge on any atom is -0.352 e. The van der Waals surface area contributed by atoms with Crippen molar-refractivity contribution in [2.75, 3.05) is 18.5 Å². The van der Waals surface area contributed by atoms with E-state index in [4.69, 9.17) is 11.6 Å². The highest BCUT2D eigenvalue weighted by Crippen LogP contribution is 2.23. The second-order valence-corrected chi connectivity index (χ2v) is 5.47. The van der Waals surface area contributed by atoms with Crippen molar-refractivity contribution in [3.8, 4) is 0 Å². The first-order valence-electron chi connectivity index (χ1n) is 6.94. The van der Waals surface area contributed by atoms with Crippen LogP contribution in [0.3, 0.4) is 0 Å². The number of Topliss-reactive ketones (excluding diaryl/α,β-unsaturated/α-hetero) is 1. The standard InChI is InChI=1S/C15H20ClN3O/c1-11-13(16)7-6-8-14(11)17-18-15(12(2)20)19-9-4-3-5-10-19/h6-8,17H,3-5,9-10H2,1-2H3. The Bertz CT molecular complexity index is 522. The number of nitrogens with zero attached hydrogens (tertiary/aromatic N) is 2. The molecule has 1 aromatic rings. The Labute approximate surface area is 124 Å². The molecule has 1 saturated heterocycles. The summed E-state index contributed by atoms with van der Waals surface area (Å²) >= 11 is 6.07. The molecule has 0 atom stereocenters. The van der Waals surface area contributed by atoms with Gasteiger partial charge in [-0.05, 0) is 43.9 Å². The van der Waals surface area contributed by atoms with Gasteiger partial charge in [-0.1, -0.05) is 17.7 Å². The highest BCUT2D eigenvalue weighted by Gasteiger charge is 2.18. The van der Waals surface area contributed by atoms with Crippen LogP contribution in [0.1, 0.15) is 31.7 Å². The number of carbonyl (C=O) groups is 1. The lowest BCUT2D eigenvalue weighted by Gasteiger charge is -2.28. The Morgan fingerprint density at radius 1 is 1.30 bits per heavy atom. The Kier molecular flexibility index (Phi) is 5.01. The van der Waals surface area contributed by atoms with Crippen molar-refractivity contribution in [1.29, 1.82) is 0 Å². The lowest BCUT2D eigenvalue weighted by molar-refractivity contribution is -0.111. The predicted octanol–water partition coefficient (Wildman–Crippen LogP) is 3.45. The fraction of sp³-hybridized carbons (Fsp3) is 0.467. The Balaban J connectivity index is 2.17. The maximum atomic E-state index is 11.8. The maximum Gasteiger partial charge on any atom is 0.196 e. The number of hydrogen-bond donors (Lipinski definition) is 1. The van der Waals surface area contributed by atoms with Crippen LogP contribution in [0.2, 0.25) is 5.02 Å². The van der Waals surface area contributed by atoms with Gasteiger partial charge in [-0.3, -0.25) is 10.2 Å². The number of carbonyl (C=O) groups excluding carboxylic acids is 1. The SMILES string of the molecule is CC(=O)C(=NNc1cccc(Cl)c1C)N1CCCCC1. The number of rotatable bonds is 3. The molecule has 20 heavy (non-hydrogen) atoms. The number of benzene rings is 1. The lowest BCUT2D eigenvalue weighted by Crippen LogP contribution is -2.39. The molecule has 108 valence electrons. The second kappa shape index (κ2) is 6.75. The van der Waals surface area contributed by atoms with Gasteiger partial charge in [-0.15, -0.1) is 0 Å². The number of amidine groups is 1. The molecule has 1 heterocycles. The molecular formula is C15H20ClN3O. The first-order valence-corrected chi connectivity index (χ1v) is 7.32. The molecule has 0 saturated carbocycles. The van der Waals surface area contributed by atoms with Crippen LogP contribution in [0.5, 0.6) is 0 Å². The molecule has 0 radical (unpaired) electrons. The molecule has 4 nitrogen and oxygen atoms in total. The number of hydrazone groups is 1. The fourth-order valence-corrected chi connectivity index (χ4v) is 2.49. The van der Waals surface area contributed by atoms with Crippen molar-refractivity contribution in [3.05, 3.63) is 28.8 Å². The summed E-state index contributed by atoms with van der Waals surface area (Å²) in [6.07, 6.45) is 3.45. The van der Waals surface area contributed by atoms with Crippen LogP contribution in [0.15, 0.2) is 23.3 Å². The van der Waals surface area contributed by atoms with E-state index in [9.17, 15) is 4.79 Å². The van der Waals surface area contributed by atoms with Crippen LogP contribution >= 0.6 is 11.6 Å². The highest BCUT2D eigenvalue weighted by molar-refractivity contribution is 6.38.